The molecule has 0 aliphatic heterocycles. The Balaban J connectivity index is 2.15. The lowest BCUT2D eigenvalue weighted by Crippen LogP contribution is -2.04. The Morgan fingerprint density at radius 1 is 1.19 bits per heavy atom. The minimum atomic E-state index is -0.361. The molecule has 0 N–H and O–H groups in total. The average Bonchev–Trinajstić information content (AvgIpc) is 2.50. The predicted molar refractivity (Wildman–Crippen MR) is 84.5 cm³/mol. The number of ether oxygens (including phenoxy) is 2. The fraction of sp³-hybridized carbons (Fsp3) is 0.188. The lowest BCUT2D eigenvalue weighted by atomic mass is 10.2. The molecule has 0 heterocycles. The molecule has 2 rings (SSSR count). The highest BCUT2D eigenvalue weighted by molar-refractivity contribution is 7.99. The molecule has 0 atom stereocenters. The van der Waals surface area contributed by atoms with E-state index < -0.39 is 0 Å². The Hall–Kier alpha value is -1.65. The van der Waals surface area contributed by atoms with Crippen LogP contribution in [-0.4, -0.2) is 19.7 Å². The zero-order chi connectivity index (χ0) is 15.2. The molecule has 3 nitrogen and oxygen atoms in total. The molecule has 110 valence electrons. The Kier molecular flexibility index (Phi) is 5.53. The van der Waals surface area contributed by atoms with Gasteiger partial charge < -0.3 is 9.47 Å². The van der Waals surface area contributed by atoms with Gasteiger partial charge in [0.25, 0.3) is 0 Å². The standard InChI is InChI=1S/C16H15ClO3S/c1-3-20-16(18)11-4-9-15(14(17)10-11)21-13-7-5-12(19-2)6-8-13/h4-10H,3H2,1-2H3. The Bertz CT molecular complexity index is 626. The summed E-state index contributed by atoms with van der Waals surface area (Å²) in [6.07, 6.45) is 0. The molecular weight excluding hydrogens is 308 g/mol. The topological polar surface area (TPSA) is 35.5 Å². The summed E-state index contributed by atoms with van der Waals surface area (Å²) in [5.74, 6) is 0.448. The second-order valence-corrected chi connectivity index (χ2v) is 5.67. The fourth-order valence-corrected chi connectivity index (χ4v) is 2.81. The second kappa shape index (κ2) is 7.38. The van der Waals surface area contributed by atoms with E-state index in [2.05, 4.69) is 0 Å². The first-order valence-corrected chi connectivity index (χ1v) is 7.62. The maximum Gasteiger partial charge on any atom is 0.338 e. The third-order valence-corrected chi connectivity index (χ3v) is 4.24. The number of methoxy groups -OCH3 is 1. The normalized spacial score (nSPS) is 10.2. The van der Waals surface area contributed by atoms with Crippen molar-refractivity contribution in [3.63, 3.8) is 0 Å². The highest BCUT2D eigenvalue weighted by Gasteiger charge is 2.10. The van der Waals surface area contributed by atoms with Crippen LogP contribution in [0.5, 0.6) is 5.75 Å². The maximum absolute atomic E-state index is 11.6. The molecule has 0 aliphatic rings. The van der Waals surface area contributed by atoms with Gasteiger partial charge in [0.15, 0.2) is 0 Å². The van der Waals surface area contributed by atoms with Crippen molar-refractivity contribution in [1.29, 1.82) is 0 Å². The molecule has 0 aliphatic carbocycles. The van der Waals surface area contributed by atoms with Gasteiger partial charge in [-0.15, -0.1) is 0 Å². The fourth-order valence-electron chi connectivity index (χ4n) is 1.70. The molecule has 0 spiro atoms. The van der Waals surface area contributed by atoms with Gasteiger partial charge in [-0.1, -0.05) is 23.4 Å². The van der Waals surface area contributed by atoms with Crippen LogP contribution < -0.4 is 4.74 Å². The van der Waals surface area contributed by atoms with Gasteiger partial charge in [0, 0.05) is 9.79 Å². The van der Waals surface area contributed by atoms with Crippen LogP contribution in [0.15, 0.2) is 52.3 Å². The SMILES string of the molecule is CCOC(=O)c1ccc(Sc2ccc(OC)cc2)c(Cl)c1. The molecule has 0 bridgehead atoms. The summed E-state index contributed by atoms with van der Waals surface area (Å²) < 4.78 is 10.1. The van der Waals surface area contributed by atoms with Gasteiger partial charge in [-0.05, 0) is 49.4 Å². The van der Waals surface area contributed by atoms with E-state index in [1.165, 1.54) is 11.8 Å². The zero-order valence-electron chi connectivity index (χ0n) is 11.8. The summed E-state index contributed by atoms with van der Waals surface area (Å²) in [6, 6.07) is 12.9. The summed E-state index contributed by atoms with van der Waals surface area (Å²) in [5, 5.41) is 0.529. The number of hydrogen-bond donors (Lipinski definition) is 0. The van der Waals surface area contributed by atoms with Crippen molar-refractivity contribution in [2.24, 2.45) is 0 Å². The highest BCUT2D eigenvalue weighted by Crippen LogP contribution is 2.34. The van der Waals surface area contributed by atoms with E-state index >= 15 is 0 Å². The first-order chi connectivity index (χ1) is 10.1. The Morgan fingerprint density at radius 2 is 1.90 bits per heavy atom. The molecule has 0 saturated carbocycles. The summed E-state index contributed by atoms with van der Waals surface area (Å²) >= 11 is 7.76. The summed E-state index contributed by atoms with van der Waals surface area (Å²) in [4.78, 5) is 13.6. The predicted octanol–water partition coefficient (Wildman–Crippen LogP) is 4.68. The van der Waals surface area contributed by atoms with E-state index in [1.54, 1.807) is 26.2 Å². The van der Waals surface area contributed by atoms with Gasteiger partial charge in [-0.25, -0.2) is 4.79 Å². The van der Waals surface area contributed by atoms with Gasteiger partial charge in [0.05, 0.1) is 24.3 Å². The lowest BCUT2D eigenvalue weighted by molar-refractivity contribution is 0.0526. The number of carbonyl (C=O) groups excluding carboxylic acids is 1. The second-order valence-electron chi connectivity index (χ2n) is 4.14. The summed E-state index contributed by atoms with van der Waals surface area (Å²) in [5.41, 5.74) is 0.459. The van der Waals surface area contributed by atoms with Crippen molar-refractivity contribution in [1.82, 2.24) is 0 Å². The van der Waals surface area contributed by atoms with E-state index in [0.29, 0.717) is 17.2 Å². The monoisotopic (exact) mass is 322 g/mol. The summed E-state index contributed by atoms with van der Waals surface area (Å²) in [7, 11) is 1.63. The molecule has 0 fully saturated rings. The highest BCUT2D eigenvalue weighted by atomic mass is 35.5. The van der Waals surface area contributed by atoms with Crippen LogP contribution in [0.4, 0.5) is 0 Å². The van der Waals surface area contributed by atoms with E-state index in [-0.39, 0.29) is 5.97 Å². The zero-order valence-corrected chi connectivity index (χ0v) is 13.3. The minimum Gasteiger partial charge on any atom is -0.497 e. The van der Waals surface area contributed by atoms with E-state index in [9.17, 15) is 4.79 Å². The third kappa shape index (κ3) is 4.16. The van der Waals surface area contributed by atoms with Crippen LogP contribution in [0.1, 0.15) is 17.3 Å². The molecule has 0 unspecified atom stereocenters. The molecule has 0 radical (unpaired) electrons. The number of benzene rings is 2. The number of carbonyl (C=O) groups is 1. The van der Waals surface area contributed by atoms with E-state index in [4.69, 9.17) is 21.1 Å². The number of hydrogen-bond acceptors (Lipinski definition) is 4. The smallest absolute Gasteiger partial charge is 0.338 e. The van der Waals surface area contributed by atoms with Gasteiger partial charge in [-0.3, -0.25) is 0 Å². The first kappa shape index (κ1) is 15.7. The van der Waals surface area contributed by atoms with Gasteiger partial charge >= 0.3 is 5.97 Å². The molecule has 0 amide bonds. The van der Waals surface area contributed by atoms with E-state index in [1.807, 2.05) is 30.3 Å². The quantitative estimate of drug-likeness (QED) is 0.749. The lowest BCUT2D eigenvalue weighted by Gasteiger charge is -2.07. The first-order valence-electron chi connectivity index (χ1n) is 6.42. The molecule has 21 heavy (non-hydrogen) atoms. The van der Waals surface area contributed by atoms with Crippen LogP contribution in [0.3, 0.4) is 0 Å². The van der Waals surface area contributed by atoms with Crippen LogP contribution >= 0.6 is 23.4 Å². The Morgan fingerprint density at radius 3 is 2.48 bits per heavy atom. The molecule has 0 aromatic heterocycles. The number of rotatable bonds is 5. The molecule has 2 aromatic carbocycles. The molecule has 5 heteroatoms. The molecular formula is C16H15ClO3S. The van der Waals surface area contributed by atoms with E-state index in [0.717, 1.165) is 15.5 Å². The van der Waals surface area contributed by atoms with Crippen molar-refractivity contribution in [3.8, 4) is 5.75 Å². The molecule has 2 aromatic rings. The largest absolute Gasteiger partial charge is 0.497 e. The van der Waals surface area contributed by atoms with Gasteiger partial charge in [-0.2, -0.15) is 0 Å². The summed E-state index contributed by atoms with van der Waals surface area (Å²) in [6.45, 7) is 2.12. The maximum atomic E-state index is 11.6. The van der Waals surface area contributed by atoms with Crippen molar-refractivity contribution < 1.29 is 14.3 Å². The van der Waals surface area contributed by atoms with Crippen LogP contribution in [0.2, 0.25) is 5.02 Å². The average molecular weight is 323 g/mol. The molecule has 0 saturated heterocycles. The number of halogens is 1. The van der Waals surface area contributed by atoms with Crippen molar-refractivity contribution in [2.45, 2.75) is 16.7 Å². The van der Waals surface area contributed by atoms with Crippen molar-refractivity contribution >= 4 is 29.3 Å². The van der Waals surface area contributed by atoms with Crippen molar-refractivity contribution in [2.75, 3.05) is 13.7 Å². The van der Waals surface area contributed by atoms with Crippen LogP contribution in [0, 0.1) is 0 Å². The Labute approximate surface area is 133 Å². The van der Waals surface area contributed by atoms with Gasteiger partial charge in [0.2, 0.25) is 0 Å². The minimum absolute atomic E-state index is 0.346. The van der Waals surface area contributed by atoms with Crippen LogP contribution in [-0.2, 0) is 4.74 Å². The van der Waals surface area contributed by atoms with Gasteiger partial charge in [0.1, 0.15) is 5.75 Å². The van der Waals surface area contributed by atoms with Crippen molar-refractivity contribution in [3.05, 3.63) is 53.1 Å². The van der Waals surface area contributed by atoms with Crippen LogP contribution in [0.25, 0.3) is 0 Å². The third-order valence-electron chi connectivity index (χ3n) is 2.73. The number of esters is 1.